The fourth-order valence-electron chi connectivity index (χ4n) is 10.8. The molecule has 4 unspecified atom stereocenters. The van der Waals surface area contributed by atoms with Crippen LogP contribution in [0.3, 0.4) is 0 Å². The van der Waals surface area contributed by atoms with Gasteiger partial charge in [0.25, 0.3) is 0 Å². The number of rotatable bonds is 7. The van der Waals surface area contributed by atoms with Gasteiger partial charge in [-0.25, -0.2) is 4.98 Å². The maximum Gasteiger partial charge on any atom is 0.145 e. The molecule has 0 saturated heterocycles. The molecule has 0 N–H and O–H groups in total. The summed E-state index contributed by atoms with van der Waals surface area (Å²) in [6.07, 6.45) is 4.99. The lowest BCUT2D eigenvalue weighted by Crippen LogP contribution is -2.44. The summed E-state index contributed by atoms with van der Waals surface area (Å²) in [7, 11) is 0. The Morgan fingerprint density at radius 3 is 1.69 bits per heavy atom. The summed E-state index contributed by atoms with van der Waals surface area (Å²) in [6.45, 7) is 5.03. The van der Waals surface area contributed by atoms with Crippen LogP contribution in [-0.4, -0.2) is 9.55 Å². The first kappa shape index (κ1) is 36.8. The highest BCUT2D eigenvalue weighted by molar-refractivity contribution is 5.95. The van der Waals surface area contributed by atoms with Crippen molar-refractivity contribution in [3.8, 4) is 39.3 Å². The molecule has 0 bridgehead atoms. The van der Waals surface area contributed by atoms with Crippen molar-refractivity contribution in [3.05, 3.63) is 258 Å². The Labute approximate surface area is 358 Å². The average molecular weight is 783 g/mol. The fraction of sp³-hybridized carbons (Fsp3) is 0.102. The van der Waals surface area contributed by atoms with Crippen molar-refractivity contribution in [3.63, 3.8) is 0 Å². The van der Waals surface area contributed by atoms with Crippen molar-refractivity contribution in [1.82, 2.24) is 9.55 Å². The Hall–Kier alpha value is -7.29. The van der Waals surface area contributed by atoms with Gasteiger partial charge in [-0.3, -0.25) is 4.57 Å². The van der Waals surface area contributed by atoms with E-state index < -0.39 is 0 Å². The van der Waals surface area contributed by atoms with Gasteiger partial charge in [-0.15, -0.1) is 0 Å². The van der Waals surface area contributed by atoms with E-state index in [9.17, 15) is 0 Å². The average Bonchev–Trinajstić information content (AvgIpc) is 3.73. The lowest BCUT2D eigenvalue weighted by Gasteiger charge is -2.51. The monoisotopic (exact) mass is 782 g/mol. The van der Waals surface area contributed by atoms with Gasteiger partial charge in [-0.1, -0.05) is 214 Å². The molecule has 0 aliphatic heterocycles. The lowest BCUT2D eigenvalue weighted by molar-refractivity contribution is 0.263. The molecule has 0 amide bonds. The zero-order valence-corrected chi connectivity index (χ0v) is 34.5. The van der Waals surface area contributed by atoms with E-state index in [1.807, 2.05) is 0 Å². The van der Waals surface area contributed by atoms with Crippen LogP contribution in [0.4, 0.5) is 0 Å². The summed E-state index contributed by atoms with van der Waals surface area (Å²) >= 11 is 0. The van der Waals surface area contributed by atoms with Crippen LogP contribution in [0.15, 0.2) is 230 Å². The minimum absolute atomic E-state index is 0.156. The van der Waals surface area contributed by atoms with Crippen LogP contribution in [0.25, 0.3) is 55.9 Å². The SMILES string of the molecule is CC1C(c2ccc(-c3nc4ccccc4n3-c3ccccc3)cc2)C=CC2=C(c3ccccc3-c3ccccc3)c3ccccc3C(C)(c3ccccc3-c3ccccc3)C21. The largest absolute Gasteiger partial charge is 0.292 e. The standard InChI is InChI=1S/C59H46N2/c1-40-46(43-34-36-44(37-35-43)58-60-54-32-18-19-33-55(54)61(58)45-24-10-5-11-25-45)38-39-51-56(49-28-13-12-26-47(49)41-20-6-3-7-21-41)50-29-15-17-31-53(50)59(2,57(40)51)52-30-16-14-27-48(52)42-22-8-4-9-23-42/h3-40,46,57H,1-2H3. The highest BCUT2D eigenvalue weighted by atomic mass is 15.1. The molecule has 8 aromatic carbocycles. The number of imidazole rings is 1. The number of aromatic nitrogens is 2. The zero-order valence-electron chi connectivity index (χ0n) is 34.5. The second-order valence-corrected chi connectivity index (χ2v) is 16.8. The lowest BCUT2D eigenvalue weighted by atomic mass is 9.51. The molecule has 11 rings (SSSR count). The van der Waals surface area contributed by atoms with E-state index in [1.165, 1.54) is 61.2 Å². The molecule has 0 radical (unpaired) electrons. The van der Waals surface area contributed by atoms with Gasteiger partial charge in [-0.2, -0.15) is 0 Å². The van der Waals surface area contributed by atoms with E-state index in [0.29, 0.717) is 0 Å². The summed E-state index contributed by atoms with van der Waals surface area (Å²) < 4.78 is 2.29. The van der Waals surface area contributed by atoms with Crippen LogP contribution < -0.4 is 0 Å². The minimum Gasteiger partial charge on any atom is -0.292 e. The first-order valence-electron chi connectivity index (χ1n) is 21.5. The van der Waals surface area contributed by atoms with Crippen molar-refractivity contribution in [2.24, 2.45) is 11.8 Å². The smallest absolute Gasteiger partial charge is 0.145 e. The molecule has 292 valence electrons. The minimum atomic E-state index is -0.355. The third-order valence-corrected chi connectivity index (χ3v) is 13.6. The molecular weight excluding hydrogens is 737 g/mol. The number of hydrogen-bond donors (Lipinski definition) is 0. The molecule has 0 spiro atoms. The van der Waals surface area contributed by atoms with Gasteiger partial charge in [-0.05, 0) is 91.4 Å². The molecule has 0 saturated carbocycles. The number of hydrogen-bond acceptors (Lipinski definition) is 1. The second-order valence-electron chi connectivity index (χ2n) is 16.8. The van der Waals surface area contributed by atoms with Crippen molar-refractivity contribution in [1.29, 1.82) is 0 Å². The van der Waals surface area contributed by atoms with Gasteiger partial charge >= 0.3 is 0 Å². The number of para-hydroxylation sites is 3. The predicted octanol–water partition coefficient (Wildman–Crippen LogP) is 14.8. The summed E-state index contributed by atoms with van der Waals surface area (Å²) in [5, 5.41) is 0. The third-order valence-electron chi connectivity index (χ3n) is 13.6. The van der Waals surface area contributed by atoms with E-state index >= 15 is 0 Å². The molecular formula is C59H46N2. The molecule has 1 aromatic heterocycles. The molecule has 4 atom stereocenters. The Balaban J connectivity index is 1.10. The molecule has 9 aromatic rings. The van der Waals surface area contributed by atoms with E-state index in [0.717, 1.165) is 28.1 Å². The Morgan fingerprint density at radius 1 is 0.475 bits per heavy atom. The summed E-state index contributed by atoms with van der Waals surface area (Å²) in [6, 6.07) is 77.5. The van der Waals surface area contributed by atoms with Crippen LogP contribution >= 0.6 is 0 Å². The van der Waals surface area contributed by atoms with E-state index in [4.69, 9.17) is 4.98 Å². The van der Waals surface area contributed by atoms with Crippen LogP contribution in [-0.2, 0) is 5.41 Å². The molecule has 2 heteroatoms. The van der Waals surface area contributed by atoms with Crippen molar-refractivity contribution < 1.29 is 0 Å². The molecule has 1 heterocycles. The predicted molar refractivity (Wildman–Crippen MR) is 254 cm³/mol. The summed E-state index contributed by atoms with van der Waals surface area (Å²) in [5.41, 5.74) is 18.4. The Bertz CT molecular complexity index is 3100. The molecule has 2 aliphatic rings. The van der Waals surface area contributed by atoms with Crippen molar-refractivity contribution in [2.45, 2.75) is 25.2 Å². The van der Waals surface area contributed by atoms with E-state index in [1.54, 1.807) is 0 Å². The van der Waals surface area contributed by atoms with E-state index in [-0.39, 0.29) is 23.2 Å². The second kappa shape index (κ2) is 15.1. The van der Waals surface area contributed by atoms with Crippen molar-refractivity contribution in [2.75, 3.05) is 0 Å². The zero-order chi connectivity index (χ0) is 40.9. The van der Waals surface area contributed by atoms with Crippen LogP contribution in [0, 0.1) is 11.8 Å². The first-order valence-corrected chi connectivity index (χ1v) is 21.5. The van der Waals surface area contributed by atoms with Crippen LogP contribution in [0.5, 0.6) is 0 Å². The Morgan fingerprint density at radius 2 is 1.00 bits per heavy atom. The van der Waals surface area contributed by atoms with Gasteiger partial charge < -0.3 is 0 Å². The summed E-state index contributed by atoms with van der Waals surface area (Å²) in [4.78, 5) is 5.19. The maximum atomic E-state index is 5.19. The first-order chi connectivity index (χ1) is 30.1. The maximum absolute atomic E-state index is 5.19. The molecule has 2 nitrogen and oxygen atoms in total. The number of nitrogens with zero attached hydrogens (tertiary/aromatic N) is 2. The van der Waals surface area contributed by atoms with Gasteiger partial charge in [0.2, 0.25) is 0 Å². The number of benzene rings is 8. The van der Waals surface area contributed by atoms with Gasteiger partial charge in [0.1, 0.15) is 5.82 Å². The highest BCUT2D eigenvalue weighted by Crippen LogP contribution is 2.60. The highest BCUT2D eigenvalue weighted by Gasteiger charge is 2.51. The normalized spacial score (nSPS) is 19.4. The molecule has 61 heavy (non-hydrogen) atoms. The summed E-state index contributed by atoms with van der Waals surface area (Å²) in [5.74, 6) is 1.55. The van der Waals surface area contributed by atoms with Gasteiger partial charge in [0.05, 0.1) is 11.0 Å². The number of allylic oxidation sites excluding steroid dienone is 3. The van der Waals surface area contributed by atoms with Crippen LogP contribution in [0.1, 0.15) is 47.6 Å². The van der Waals surface area contributed by atoms with Crippen LogP contribution in [0.2, 0.25) is 0 Å². The fourth-order valence-corrected chi connectivity index (χ4v) is 10.8. The van der Waals surface area contributed by atoms with E-state index in [2.05, 4.69) is 243 Å². The topological polar surface area (TPSA) is 17.8 Å². The Kier molecular flexibility index (Phi) is 9.08. The third kappa shape index (κ3) is 6.05. The van der Waals surface area contributed by atoms with Gasteiger partial charge in [0.15, 0.2) is 0 Å². The van der Waals surface area contributed by atoms with Gasteiger partial charge in [0, 0.05) is 28.5 Å². The number of fused-ring (bicyclic) bond motifs is 3. The molecule has 0 fully saturated rings. The van der Waals surface area contributed by atoms with Crippen molar-refractivity contribution >= 4 is 16.6 Å². The quantitative estimate of drug-likeness (QED) is 0.157. The molecule has 2 aliphatic carbocycles.